The van der Waals surface area contributed by atoms with Crippen LogP contribution in [0.25, 0.3) is 10.9 Å². The highest BCUT2D eigenvalue weighted by atomic mass is 19.4. The van der Waals surface area contributed by atoms with Gasteiger partial charge in [0.15, 0.2) is 11.4 Å². The van der Waals surface area contributed by atoms with Gasteiger partial charge >= 0.3 is 6.18 Å². The van der Waals surface area contributed by atoms with Crippen LogP contribution in [0.15, 0.2) is 18.2 Å². The predicted molar refractivity (Wildman–Crippen MR) is 65.8 cm³/mol. The molecular weight excluding hydrogens is 273 g/mol. The number of halogens is 3. The molecule has 7 heteroatoms. The molecule has 0 bridgehead atoms. The Labute approximate surface area is 112 Å². The van der Waals surface area contributed by atoms with Gasteiger partial charge < -0.3 is 14.6 Å². The molecule has 1 aliphatic heterocycles. The highest BCUT2D eigenvalue weighted by molar-refractivity contribution is 6.06. The Hall–Kier alpha value is -2.18. The number of rotatable bonds is 1. The molecule has 2 aromatic rings. The van der Waals surface area contributed by atoms with Crippen LogP contribution in [0.3, 0.4) is 0 Å². The molecular formula is C13H11F3N2O2. The van der Waals surface area contributed by atoms with Crippen LogP contribution in [0.1, 0.15) is 16.1 Å². The second kappa shape index (κ2) is 4.16. The lowest BCUT2D eigenvalue weighted by Gasteiger charge is -2.17. The molecule has 3 rings (SSSR count). The molecule has 4 nitrogen and oxygen atoms in total. The lowest BCUT2D eigenvalue weighted by Crippen LogP contribution is -2.35. The maximum absolute atomic E-state index is 13.1. The van der Waals surface area contributed by atoms with Crippen molar-refractivity contribution >= 4 is 16.8 Å². The van der Waals surface area contributed by atoms with E-state index < -0.39 is 17.6 Å². The van der Waals surface area contributed by atoms with E-state index in [-0.39, 0.29) is 16.8 Å². The third kappa shape index (κ3) is 1.65. The first kappa shape index (κ1) is 12.8. The molecule has 0 aliphatic carbocycles. The van der Waals surface area contributed by atoms with E-state index in [1.54, 1.807) is 10.6 Å². The summed E-state index contributed by atoms with van der Waals surface area (Å²) in [4.78, 5) is 11.9. The van der Waals surface area contributed by atoms with Gasteiger partial charge in [0.2, 0.25) is 0 Å². The van der Waals surface area contributed by atoms with Gasteiger partial charge in [-0.25, -0.2) is 0 Å². The fraction of sp³-hybridized carbons (Fsp3) is 0.308. The maximum Gasteiger partial charge on any atom is 0.417 e. The standard InChI is InChI=1S/C13H11F3N2O2/c1-20-11-9-7(13(14,15)16)3-2-4-8(9)18-6-5-17-12(19)10(11)18/h2-4H,5-6H2,1H3,(H,17,19). The minimum absolute atomic E-state index is 0.0230. The third-order valence-corrected chi connectivity index (χ3v) is 3.39. The molecule has 0 fully saturated rings. The summed E-state index contributed by atoms with van der Waals surface area (Å²) < 4.78 is 46.1. The fourth-order valence-corrected chi connectivity index (χ4v) is 2.62. The van der Waals surface area contributed by atoms with E-state index in [1.165, 1.54) is 13.2 Å². The first-order valence-corrected chi connectivity index (χ1v) is 5.99. The Bertz CT molecular complexity index is 704. The van der Waals surface area contributed by atoms with E-state index in [2.05, 4.69) is 5.32 Å². The minimum atomic E-state index is -4.50. The Balaban J connectivity index is 2.45. The number of aromatic nitrogens is 1. The van der Waals surface area contributed by atoms with Gasteiger partial charge in [0.05, 0.1) is 23.6 Å². The molecule has 20 heavy (non-hydrogen) atoms. The molecule has 0 saturated carbocycles. The van der Waals surface area contributed by atoms with Crippen molar-refractivity contribution in [3.8, 4) is 5.75 Å². The number of fused-ring (bicyclic) bond motifs is 3. The van der Waals surface area contributed by atoms with Crippen molar-refractivity contribution in [2.45, 2.75) is 12.7 Å². The second-order valence-corrected chi connectivity index (χ2v) is 4.49. The van der Waals surface area contributed by atoms with Crippen molar-refractivity contribution in [2.75, 3.05) is 13.7 Å². The zero-order valence-electron chi connectivity index (χ0n) is 10.5. The minimum Gasteiger partial charge on any atom is -0.494 e. The van der Waals surface area contributed by atoms with Crippen LogP contribution in [0.4, 0.5) is 13.2 Å². The number of methoxy groups -OCH3 is 1. The fourth-order valence-electron chi connectivity index (χ4n) is 2.62. The molecule has 0 spiro atoms. The normalized spacial score (nSPS) is 15.1. The summed E-state index contributed by atoms with van der Waals surface area (Å²) in [5, 5.41) is 2.55. The quantitative estimate of drug-likeness (QED) is 0.874. The number of ether oxygens (including phenoxy) is 1. The second-order valence-electron chi connectivity index (χ2n) is 4.49. The van der Waals surface area contributed by atoms with Crippen LogP contribution >= 0.6 is 0 Å². The Morgan fingerprint density at radius 1 is 1.35 bits per heavy atom. The molecule has 1 aliphatic rings. The molecule has 106 valence electrons. The monoisotopic (exact) mass is 284 g/mol. The van der Waals surface area contributed by atoms with Crippen LogP contribution in [-0.2, 0) is 12.7 Å². The maximum atomic E-state index is 13.1. The number of benzene rings is 1. The van der Waals surface area contributed by atoms with Gasteiger partial charge in [-0.2, -0.15) is 13.2 Å². The average Bonchev–Trinajstić information content (AvgIpc) is 2.73. The van der Waals surface area contributed by atoms with E-state index in [0.717, 1.165) is 6.07 Å². The zero-order valence-corrected chi connectivity index (χ0v) is 10.5. The number of carbonyl (C=O) groups is 1. The first-order chi connectivity index (χ1) is 9.45. The van der Waals surface area contributed by atoms with Gasteiger partial charge in [-0.05, 0) is 12.1 Å². The van der Waals surface area contributed by atoms with Gasteiger partial charge in [0.25, 0.3) is 5.91 Å². The van der Waals surface area contributed by atoms with Gasteiger partial charge in [-0.3, -0.25) is 4.79 Å². The number of hydrogen-bond acceptors (Lipinski definition) is 2. The number of hydrogen-bond donors (Lipinski definition) is 1. The molecule has 1 amide bonds. The van der Waals surface area contributed by atoms with E-state index in [1.807, 2.05) is 0 Å². The number of alkyl halides is 3. The molecule has 1 aromatic carbocycles. The van der Waals surface area contributed by atoms with Gasteiger partial charge in [0.1, 0.15) is 0 Å². The Morgan fingerprint density at radius 2 is 2.10 bits per heavy atom. The van der Waals surface area contributed by atoms with Gasteiger partial charge in [0, 0.05) is 13.1 Å². The summed E-state index contributed by atoms with van der Waals surface area (Å²) >= 11 is 0. The number of carbonyl (C=O) groups excluding carboxylic acids is 1. The summed E-state index contributed by atoms with van der Waals surface area (Å²) in [5.41, 5.74) is -0.284. The summed E-state index contributed by atoms with van der Waals surface area (Å²) in [6, 6.07) is 3.90. The smallest absolute Gasteiger partial charge is 0.417 e. The van der Waals surface area contributed by atoms with E-state index in [9.17, 15) is 18.0 Å². The van der Waals surface area contributed by atoms with Crippen molar-refractivity contribution in [2.24, 2.45) is 0 Å². The van der Waals surface area contributed by atoms with E-state index >= 15 is 0 Å². The molecule has 0 radical (unpaired) electrons. The molecule has 0 unspecified atom stereocenters. The summed E-state index contributed by atoms with van der Waals surface area (Å²) in [6.45, 7) is 0.803. The van der Waals surface area contributed by atoms with Crippen molar-refractivity contribution in [1.82, 2.24) is 9.88 Å². The predicted octanol–water partition coefficient (Wildman–Crippen LogP) is 2.41. The largest absolute Gasteiger partial charge is 0.494 e. The van der Waals surface area contributed by atoms with E-state index in [0.29, 0.717) is 18.6 Å². The topological polar surface area (TPSA) is 43.3 Å². The van der Waals surface area contributed by atoms with Crippen LogP contribution in [0.5, 0.6) is 5.75 Å². The molecule has 1 N–H and O–H groups in total. The van der Waals surface area contributed by atoms with Crippen LogP contribution in [0, 0.1) is 0 Å². The van der Waals surface area contributed by atoms with Crippen LogP contribution < -0.4 is 10.1 Å². The summed E-state index contributed by atoms with van der Waals surface area (Å²) in [6.07, 6.45) is -4.50. The SMILES string of the molecule is COc1c2n(c3cccc(C(F)(F)F)c13)CCNC2=O. The average molecular weight is 284 g/mol. The van der Waals surface area contributed by atoms with Crippen LogP contribution in [-0.4, -0.2) is 24.1 Å². The highest BCUT2D eigenvalue weighted by Gasteiger charge is 2.37. The van der Waals surface area contributed by atoms with Crippen molar-refractivity contribution in [1.29, 1.82) is 0 Å². The molecule has 0 atom stereocenters. The third-order valence-electron chi connectivity index (χ3n) is 3.39. The highest BCUT2D eigenvalue weighted by Crippen LogP contribution is 2.42. The molecule has 1 aromatic heterocycles. The number of nitrogens with one attached hydrogen (secondary N) is 1. The van der Waals surface area contributed by atoms with Crippen molar-refractivity contribution in [3.63, 3.8) is 0 Å². The summed E-state index contributed by atoms with van der Waals surface area (Å²) in [5.74, 6) is -0.442. The van der Waals surface area contributed by atoms with Crippen molar-refractivity contribution in [3.05, 3.63) is 29.5 Å². The molecule has 0 saturated heterocycles. The van der Waals surface area contributed by atoms with Crippen molar-refractivity contribution < 1.29 is 22.7 Å². The van der Waals surface area contributed by atoms with Crippen LogP contribution in [0.2, 0.25) is 0 Å². The number of nitrogens with zero attached hydrogens (tertiary/aromatic N) is 1. The van der Waals surface area contributed by atoms with E-state index in [4.69, 9.17) is 4.74 Å². The molecule has 2 heterocycles. The van der Waals surface area contributed by atoms with Gasteiger partial charge in [-0.15, -0.1) is 0 Å². The Morgan fingerprint density at radius 3 is 2.75 bits per heavy atom. The zero-order chi connectivity index (χ0) is 14.5. The lowest BCUT2D eigenvalue weighted by atomic mass is 10.1. The van der Waals surface area contributed by atoms with Gasteiger partial charge in [-0.1, -0.05) is 6.07 Å². The summed E-state index contributed by atoms with van der Waals surface area (Å²) in [7, 11) is 1.27. The Kier molecular flexibility index (Phi) is 2.67. The number of amides is 1. The first-order valence-electron chi connectivity index (χ1n) is 5.99. The lowest BCUT2D eigenvalue weighted by molar-refractivity contribution is -0.136.